The number of carbonyl (C=O) groups is 1. The van der Waals surface area contributed by atoms with Crippen molar-refractivity contribution >= 4 is 27.6 Å². The van der Waals surface area contributed by atoms with Gasteiger partial charge >= 0.3 is 12.1 Å². The molecule has 0 aliphatic carbocycles. The van der Waals surface area contributed by atoms with E-state index in [1.807, 2.05) is 5.32 Å². The summed E-state index contributed by atoms with van der Waals surface area (Å²) in [5.74, 6) is -4.79. The number of hydrogen-bond donors (Lipinski definition) is 2. The quantitative estimate of drug-likeness (QED) is 0.624. The molecular formula is C11H9BrF5NO2. The van der Waals surface area contributed by atoms with Crippen LogP contribution in [0.25, 0.3) is 0 Å². The molecule has 1 unspecified atom stereocenters. The van der Waals surface area contributed by atoms with Crippen LogP contribution in [0.4, 0.5) is 27.6 Å². The summed E-state index contributed by atoms with van der Waals surface area (Å²) in [7, 11) is 0. The van der Waals surface area contributed by atoms with Gasteiger partial charge in [0.1, 0.15) is 17.4 Å². The number of anilines is 1. The van der Waals surface area contributed by atoms with Crippen molar-refractivity contribution in [2.45, 2.75) is 25.6 Å². The lowest BCUT2D eigenvalue weighted by atomic mass is 10.1. The van der Waals surface area contributed by atoms with Crippen LogP contribution in [0.15, 0.2) is 10.5 Å². The zero-order valence-corrected chi connectivity index (χ0v) is 11.6. The van der Waals surface area contributed by atoms with Crippen LogP contribution in [0, 0.1) is 11.6 Å². The smallest absolute Gasteiger partial charge is 0.408 e. The van der Waals surface area contributed by atoms with Crippen molar-refractivity contribution in [1.82, 2.24) is 0 Å². The van der Waals surface area contributed by atoms with E-state index in [4.69, 9.17) is 5.11 Å². The Morgan fingerprint density at radius 2 is 2.00 bits per heavy atom. The third-order valence-electron chi connectivity index (χ3n) is 2.51. The Morgan fingerprint density at radius 3 is 2.40 bits per heavy atom. The molecule has 3 nitrogen and oxygen atoms in total. The van der Waals surface area contributed by atoms with Crippen LogP contribution < -0.4 is 5.32 Å². The summed E-state index contributed by atoms with van der Waals surface area (Å²) in [6.45, 7) is 1.25. The number of rotatable bonds is 4. The number of halogens is 6. The van der Waals surface area contributed by atoms with Crippen molar-refractivity contribution < 1.29 is 31.9 Å². The zero-order valence-electron chi connectivity index (χ0n) is 9.99. The molecule has 0 bridgehead atoms. The van der Waals surface area contributed by atoms with Gasteiger partial charge in [0.25, 0.3) is 0 Å². The number of alkyl halides is 3. The van der Waals surface area contributed by atoms with Gasteiger partial charge in [0, 0.05) is 0 Å². The van der Waals surface area contributed by atoms with Gasteiger partial charge < -0.3 is 10.4 Å². The van der Waals surface area contributed by atoms with Crippen LogP contribution in [0.2, 0.25) is 0 Å². The number of aromatic carboxylic acids is 1. The molecule has 0 radical (unpaired) electrons. The summed E-state index contributed by atoms with van der Waals surface area (Å²) in [4.78, 5) is 10.6. The second-order valence-corrected chi connectivity index (χ2v) is 4.65. The maximum Gasteiger partial charge on any atom is 0.408 e. The Labute approximate surface area is 118 Å². The fraction of sp³-hybridized carbons (Fsp3) is 0.364. The van der Waals surface area contributed by atoms with Gasteiger partial charge in [-0.15, -0.1) is 0 Å². The summed E-state index contributed by atoms with van der Waals surface area (Å²) in [5.41, 5.74) is -1.74. The SMILES string of the molecule is CCC(Nc1cc(F)c(C(=O)O)c(F)c1Br)C(F)(F)F. The summed E-state index contributed by atoms with van der Waals surface area (Å²) in [6, 6.07) is -1.50. The molecule has 0 saturated carbocycles. The van der Waals surface area contributed by atoms with Crippen LogP contribution in [0.3, 0.4) is 0 Å². The lowest BCUT2D eigenvalue weighted by molar-refractivity contribution is -0.142. The molecule has 0 heterocycles. The maximum atomic E-state index is 13.6. The molecule has 1 rings (SSSR count). The number of nitrogens with one attached hydrogen (secondary N) is 1. The van der Waals surface area contributed by atoms with Gasteiger partial charge in [0.05, 0.1) is 10.2 Å². The minimum atomic E-state index is -4.60. The highest BCUT2D eigenvalue weighted by molar-refractivity contribution is 9.10. The van der Waals surface area contributed by atoms with E-state index in [2.05, 4.69) is 15.9 Å². The first kappa shape index (κ1) is 16.7. The Bertz CT molecular complexity index is 533. The Hall–Kier alpha value is -1.38. The molecule has 112 valence electrons. The van der Waals surface area contributed by atoms with Crippen LogP contribution in [0.1, 0.15) is 23.7 Å². The predicted octanol–water partition coefficient (Wildman–Crippen LogP) is 4.18. The number of hydrogen-bond acceptors (Lipinski definition) is 2. The molecule has 20 heavy (non-hydrogen) atoms. The fourth-order valence-corrected chi connectivity index (χ4v) is 1.93. The maximum absolute atomic E-state index is 13.6. The second kappa shape index (κ2) is 5.94. The first-order chi connectivity index (χ1) is 9.09. The molecule has 0 aliphatic heterocycles. The van der Waals surface area contributed by atoms with E-state index in [1.165, 1.54) is 6.92 Å². The van der Waals surface area contributed by atoms with Crippen molar-refractivity contribution in [2.75, 3.05) is 5.32 Å². The molecule has 2 N–H and O–H groups in total. The van der Waals surface area contributed by atoms with E-state index < -0.39 is 45.5 Å². The van der Waals surface area contributed by atoms with Crippen LogP contribution >= 0.6 is 15.9 Å². The van der Waals surface area contributed by atoms with Crippen LogP contribution in [0.5, 0.6) is 0 Å². The Balaban J connectivity index is 3.25. The van der Waals surface area contributed by atoms with Gasteiger partial charge in [0.15, 0.2) is 5.82 Å². The molecule has 9 heteroatoms. The minimum absolute atomic E-state index is 0.361. The first-order valence-corrected chi connectivity index (χ1v) is 6.12. The highest BCUT2D eigenvalue weighted by Gasteiger charge is 2.39. The molecule has 0 saturated heterocycles. The average molecular weight is 362 g/mol. The Kier molecular flexibility index (Phi) is 4.95. The monoisotopic (exact) mass is 361 g/mol. The highest BCUT2D eigenvalue weighted by Crippen LogP contribution is 2.33. The van der Waals surface area contributed by atoms with Gasteiger partial charge in [0.2, 0.25) is 0 Å². The summed E-state index contributed by atoms with van der Waals surface area (Å²) < 4.78 is 64.3. The molecule has 0 aliphatic rings. The lowest BCUT2D eigenvalue weighted by Gasteiger charge is -2.22. The van der Waals surface area contributed by atoms with E-state index in [0.29, 0.717) is 6.07 Å². The largest absolute Gasteiger partial charge is 0.477 e. The normalized spacial score (nSPS) is 13.2. The van der Waals surface area contributed by atoms with E-state index in [0.717, 1.165) is 0 Å². The lowest BCUT2D eigenvalue weighted by Crippen LogP contribution is -2.35. The predicted molar refractivity (Wildman–Crippen MR) is 64.8 cm³/mol. The highest BCUT2D eigenvalue weighted by atomic mass is 79.9. The molecule has 1 aromatic carbocycles. The fourth-order valence-electron chi connectivity index (χ4n) is 1.50. The van der Waals surface area contributed by atoms with E-state index >= 15 is 0 Å². The zero-order chi connectivity index (χ0) is 15.7. The first-order valence-electron chi connectivity index (χ1n) is 5.33. The second-order valence-electron chi connectivity index (χ2n) is 3.86. The topological polar surface area (TPSA) is 49.3 Å². The Morgan fingerprint density at radius 1 is 1.45 bits per heavy atom. The molecular weight excluding hydrogens is 353 g/mol. The van der Waals surface area contributed by atoms with Gasteiger partial charge in [-0.2, -0.15) is 13.2 Å². The van der Waals surface area contributed by atoms with Gasteiger partial charge in [-0.3, -0.25) is 0 Å². The molecule has 1 atom stereocenters. The van der Waals surface area contributed by atoms with Crippen molar-refractivity contribution in [3.8, 4) is 0 Å². The van der Waals surface area contributed by atoms with Crippen molar-refractivity contribution in [3.05, 3.63) is 27.7 Å². The van der Waals surface area contributed by atoms with Gasteiger partial charge in [-0.1, -0.05) is 6.92 Å². The molecule has 0 fully saturated rings. The molecule has 0 spiro atoms. The van der Waals surface area contributed by atoms with Gasteiger partial charge in [-0.05, 0) is 28.4 Å². The third kappa shape index (κ3) is 3.38. The van der Waals surface area contributed by atoms with Crippen molar-refractivity contribution in [1.29, 1.82) is 0 Å². The number of carboxylic acids is 1. The number of carboxylic acid groups (broad SMARTS) is 1. The molecule has 1 aromatic rings. The van der Waals surface area contributed by atoms with Crippen molar-refractivity contribution in [2.24, 2.45) is 0 Å². The number of benzene rings is 1. The summed E-state index contributed by atoms with van der Waals surface area (Å²) in [5, 5.41) is 10.6. The summed E-state index contributed by atoms with van der Waals surface area (Å²) >= 11 is 2.62. The van der Waals surface area contributed by atoms with Gasteiger partial charge in [-0.25, -0.2) is 13.6 Å². The van der Waals surface area contributed by atoms with E-state index in [1.54, 1.807) is 0 Å². The van der Waals surface area contributed by atoms with Crippen LogP contribution in [-0.2, 0) is 0 Å². The van der Waals surface area contributed by atoms with Crippen LogP contribution in [-0.4, -0.2) is 23.3 Å². The van der Waals surface area contributed by atoms with E-state index in [-0.39, 0.29) is 6.42 Å². The van der Waals surface area contributed by atoms with E-state index in [9.17, 15) is 26.7 Å². The third-order valence-corrected chi connectivity index (χ3v) is 3.28. The standard InChI is InChI=1S/C11H9BrF5NO2/c1-2-6(11(15,16)17)18-5-3-4(13)7(10(19)20)9(14)8(5)12/h3,6,18H,2H2,1H3,(H,19,20). The average Bonchev–Trinajstić information content (AvgIpc) is 2.29. The minimum Gasteiger partial charge on any atom is -0.477 e. The molecule has 0 aromatic heterocycles. The van der Waals surface area contributed by atoms with Crippen molar-refractivity contribution in [3.63, 3.8) is 0 Å². The summed E-state index contributed by atoms with van der Waals surface area (Å²) in [6.07, 6.45) is -4.97. The molecule has 0 amide bonds.